The molecule has 70 valence electrons. The fourth-order valence-electron chi connectivity index (χ4n) is 0.606. The van der Waals surface area contributed by atoms with E-state index in [1.54, 1.807) is 13.8 Å². The van der Waals surface area contributed by atoms with Crippen LogP contribution in [0.15, 0.2) is 0 Å². The third-order valence-corrected chi connectivity index (χ3v) is 2.20. The molecule has 2 heteroatoms. The molecule has 0 bridgehead atoms. The van der Waals surface area contributed by atoms with Gasteiger partial charge < -0.3 is 5.11 Å². The van der Waals surface area contributed by atoms with Gasteiger partial charge in [-0.25, -0.2) is 0 Å². The highest BCUT2D eigenvalue weighted by Gasteiger charge is 2.23. The van der Waals surface area contributed by atoms with Crippen LogP contribution >= 0.6 is 11.6 Å². The van der Waals surface area contributed by atoms with Crippen molar-refractivity contribution in [1.82, 2.24) is 0 Å². The van der Waals surface area contributed by atoms with Gasteiger partial charge in [0.05, 0.1) is 5.38 Å². The highest BCUT2D eigenvalue weighted by molar-refractivity contribution is 6.21. The van der Waals surface area contributed by atoms with Gasteiger partial charge in [-0.3, -0.25) is 0 Å². The van der Waals surface area contributed by atoms with Gasteiger partial charge in [0.2, 0.25) is 0 Å². The van der Waals surface area contributed by atoms with Crippen LogP contribution in [0.2, 0.25) is 0 Å². The minimum absolute atomic E-state index is 0.327. The predicted molar refractivity (Wildman–Crippen MR) is 53.2 cm³/mol. The van der Waals surface area contributed by atoms with E-state index in [0.717, 1.165) is 19.3 Å². The topological polar surface area (TPSA) is 20.2 Å². The molecule has 0 saturated carbocycles. The van der Waals surface area contributed by atoms with Gasteiger partial charge >= 0.3 is 0 Å². The van der Waals surface area contributed by atoms with E-state index in [1.807, 2.05) is 0 Å². The van der Waals surface area contributed by atoms with Gasteiger partial charge in [-0.15, -0.1) is 17.5 Å². The summed E-state index contributed by atoms with van der Waals surface area (Å²) in [5.41, 5.74) is -1.05. The van der Waals surface area contributed by atoms with Gasteiger partial charge in [0.15, 0.2) is 0 Å². The maximum Gasteiger partial charge on any atom is 0.138 e. The van der Waals surface area contributed by atoms with Crippen LogP contribution < -0.4 is 0 Å². The maximum absolute atomic E-state index is 9.59. The molecule has 0 aromatic carbocycles. The molecular formula is C10H17ClO. The quantitative estimate of drug-likeness (QED) is 0.410. The van der Waals surface area contributed by atoms with Crippen LogP contribution in [-0.4, -0.2) is 16.1 Å². The van der Waals surface area contributed by atoms with Crippen LogP contribution in [0, 0.1) is 11.8 Å². The molecule has 0 aliphatic rings. The molecule has 0 heterocycles. The van der Waals surface area contributed by atoms with Gasteiger partial charge in [-0.05, 0) is 20.3 Å². The lowest BCUT2D eigenvalue weighted by atomic mass is 10.0. The van der Waals surface area contributed by atoms with Crippen molar-refractivity contribution in [1.29, 1.82) is 0 Å². The lowest BCUT2D eigenvalue weighted by Gasteiger charge is -2.18. The SMILES string of the molecule is CCCCC#CC(C)(O)C(C)Cl. The van der Waals surface area contributed by atoms with Crippen LogP contribution in [0.3, 0.4) is 0 Å². The first-order valence-electron chi connectivity index (χ1n) is 4.37. The van der Waals surface area contributed by atoms with Crippen molar-refractivity contribution in [3.8, 4) is 11.8 Å². The second-order valence-electron chi connectivity index (χ2n) is 3.17. The molecule has 2 atom stereocenters. The average molecular weight is 189 g/mol. The van der Waals surface area contributed by atoms with Crippen molar-refractivity contribution in [2.24, 2.45) is 0 Å². The zero-order valence-corrected chi connectivity index (χ0v) is 8.78. The third-order valence-electron chi connectivity index (χ3n) is 1.77. The van der Waals surface area contributed by atoms with Crippen molar-refractivity contribution >= 4 is 11.6 Å². The Labute approximate surface area is 80.1 Å². The number of unbranched alkanes of at least 4 members (excludes halogenated alkanes) is 2. The van der Waals surface area contributed by atoms with Crippen molar-refractivity contribution in [3.63, 3.8) is 0 Å². The highest BCUT2D eigenvalue weighted by Crippen LogP contribution is 2.13. The first-order chi connectivity index (χ1) is 5.50. The Kier molecular flexibility index (Phi) is 5.37. The van der Waals surface area contributed by atoms with Crippen molar-refractivity contribution in [2.45, 2.75) is 51.0 Å². The largest absolute Gasteiger partial charge is 0.376 e. The monoisotopic (exact) mass is 188 g/mol. The summed E-state index contributed by atoms with van der Waals surface area (Å²) in [6.45, 7) is 5.50. The molecule has 0 radical (unpaired) electrons. The third kappa shape index (κ3) is 4.64. The van der Waals surface area contributed by atoms with Gasteiger partial charge in [0, 0.05) is 6.42 Å². The number of hydrogen-bond acceptors (Lipinski definition) is 1. The summed E-state index contributed by atoms with van der Waals surface area (Å²) in [4.78, 5) is 0. The second kappa shape index (κ2) is 5.45. The molecule has 0 fully saturated rings. The Morgan fingerprint density at radius 1 is 1.58 bits per heavy atom. The lowest BCUT2D eigenvalue weighted by Crippen LogP contribution is -2.31. The molecule has 0 amide bonds. The van der Waals surface area contributed by atoms with Gasteiger partial charge in [0.25, 0.3) is 0 Å². The average Bonchev–Trinajstić information content (AvgIpc) is 1.98. The van der Waals surface area contributed by atoms with Crippen molar-refractivity contribution in [2.75, 3.05) is 0 Å². The lowest BCUT2D eigenvalue weighted by molar-refractivity contribution is 0.122. The fraction of sp³-hybridized carbons (Fsp3) is 0.800. The molecule has 1 nitrogen and oxygen atoms in total. The fourth-order valence-corrected chi connectivity index (χ4v) is 0.661. The number of halogens is 1. The first-order valence-corrected chi connectivity index (χ1v) is 4.80. The molecule has 0 rings (SSSR count). The Balaban J connectivity index is 3.92. The van der Waals surface area contributed by atoms with E-state index in [2.05, 4.69) is 18.8 Å². The summed E-state index contributed by atoms with van der Waals surface area (Å²) in [5, 5.41) is 9.26. The van der Waals surface area contributed by atoms with Gasteiger partial charge in [-0.2, -0.15) is 0 Å². The molecular weight excluding hydrogens is 172 g/mol. The first kappa shape index (κ1) is 11.8. The molecule has 0 aliphatic heterocycles. The summed E-state index contributed by atoms with van der Waals surface area (Å²) in [5.74, 6) is 5.69. The van der Waals surface area contributed by atoms with Crippen LogP contribution in [0.5, 0.6) is 0 Å². The number of alkyl halides is 1. The second-order valence-corrected chi connectivity index (χ2v) is 3.82. The normalized spacial score (nSPS) is 17.4. The molecule has 2 unspecified atom stereocenters. The summed E-state index contributed by atoms with van der Waals surface area (Å²) >= 11 is 5.73. The summed E-state index contributed by atoms with van der Waals surface area (Å²) in [6, 6.07) is 0. The number of rotatable bonds is 3. The smallest absolute Gasteiger partial charge is 0.138 e. The summed E-state index contributed by atoms with van der Waals surface area (Å²) in [6.07, 6.45) is 3.06. The highest BCUT2D eigenvalue weighted by atomic mass is 35.5. The van der Waals surface area contributed by atoms with E-state index in [-0.39, 0.29) is 5.38 Å². The standard InChI is InChI=1S/C10H17ClO/c1-4-5-6-7-8-10(3,12)9(2)11/h9,12H,4-6H2,1-3H3. The number of hydrogen-bond donors (Lipinski definition) is 1. The molecule has 0 aromatic heterocycles. The van der Waals surface area contributed by atoms with Crippen LogP contribution in [0.25, 0.3) is 0 Å². The molecule has 12 heavy (non-hydrogen) atoms. The van der Waals surface area contributed by atoms with Crippen molar-refractivity contribution < 1.29 is 5.11 Å². The van der Waals surface area contributed by atoms with Crippen LogP contribution in [-0.2, 0) is 0 Å². The van der Waals surface area contributed by atoms with E-state index in [1.165, 1.54) is 0 Å². The Bertz CT molecular complexity index is 174. The maximum atomic E-state index is 9.59. The molecule has 0 saturated heterocycles. The van der Waals surface area contributed by atoms with E-state index in [4.69, 9.17) is 11.6 Å². The Hall–Kier alpha value is -0.190. The molecule has 0 aliphatic carbocycles. The zero-order valence-electron chi connectivity index (χ0n) is 8.02. The zero-order chi connectivity index (χ0) is 9.61. The Morgan fingerprint density at radius 3 is 2.58 bits per heavy atom. The van der Waals surface area contributed by atoms with E-state index in [0.29, 0.717) is 0 Å². The van der Waals surface area contributed by atoms with Gasteiger partial charge in [-0.1, -0.05) is 19.3 Å². The van der Waals surface area contributed by atoms with Crippen LogP contribution in [0.4, 0.5) is 0 Å². The predicted octanol–water partition coefficient (Wildman–Crippen LogP) is 2.56. The molecule has 1 N–H and O–H groups in total. The van der Waals surface area contributed by atoms with Gasteiger partial charge in [0.1, 0.15) is 5.60 Å². The molecule has 0 spiro atoms. The molecule has 0 aromatic rings. The van der Waals surface area contributed by atoms with Crippen LogP contribution in [0.1, 0.15) is 40.0 Å². The van der Waals surface area contributed by atoms with E-state index in [9.17, 15) is 5.11 Å². The van der Waals surface area contributed by atoms with Crippen molar-refractivity contribution in [3.05, 3.63) is 0 Å². The Morgan fingerprint density at radius 2 is 2.17 bits per heavy atom. The van der Waals surface area contributed by atoms with E-state index < -0.39 is 5.60 Å². The summed E-state index contributed by atoms with van der Waals surface area (Å²) < 4.78 is 0. The number of aliphatic hydroxyl groups is 1. The summed E-state index contributed by atoms with van der Waals surface area (Å²) in [7, 11) is 0. The minimum atomic E-state index is -1.05. The van der Waals surface area contributed by atoms with E-state index >= 15 is 0 Å². The minimum Gasteiger partial charge on any atom is -0.376 e.